The van der Waals surface area contributed by atoms with Crippen molar-refractivity contribution >= 4 is 17.5 Å². The lowest BCUT2D eigenvalue weighted by Gasteiger charge is -2.12. The van der Waals surface area contributed by atoms with E-state index in [-0.39, 0.29) is 18.0 Å². The molecule has 0 spiro atoms. The molecule has 0 saturated carbocycles. The summed E-state index contributed by atoms with van der Waals surface area (Å²) in [6, 6.07) is 4.86. The van der Waals surface area contributed by atoms with Crippen LogP contribution >= 0.6 is 11.8 Å². The first-order chi connectivity index (χ1) is 7.54. The van der Waals surface area contributed by atoms with Gasteiger partial charge >= 0.3 is 6.61 Å². The topological polar surface area (TPSA) is 26.3 Å². The van der Waals surface area contributed by atoms with Crippen molar-refractivity contribution in [3.05, 3.63) is 23.8 Å². The summed E-state index contributed by atoms with van der Waals surface area (Å²) in [5.41, 5.74) is 0.530. The molecule has 88 valence electrons. The summed E-state index contributed by atoms with van der Waals surface area (Å²) in [6.45, 7) is -1.45. The molecule has 0 heterocycles. The van der Waals surface area contributed by atoms with Crippen molar-refractivity contribution in [2.75, 3.05) is 6.26 Å². The maximum absolute atomic E-state index is 12.2. The summed E-state index contributed by atoms with van der Waals surface area (Å²) in [6.07, 6.45) is 1.93. The van der Waals surface area contributed by atoms with Gasteiger partial charge in [0.2, 0.25) is 0 Å². The third-order valence-corrected chi connectivity index (χ3v) is 2.77. The second-order valence-electron chi connectivity index (χ2n) is 3.19. The number of carbonyl (C=O) groups excluding carboxylic acids is 1. The molecule has 1 aromatic rings. The minimum absolute atomic E-state index is 0.0806. The van der Waals surface area contributed by atoms with E-state index in [4.69, 9.17) is 0 Å². The number of benzene rings is 1. The Morgan fingerprint density at radius 3 is 2.69 bits per heavy atom. The minimum Gasteiger partial charge on any atom is -0.434 e. The molecule has 0 N–H and O–H groups in total. The number of thioether (sulfide) groups is 1. The fourth-order valence-electron chi connectivity index (χ4n) is 1.37. The summed E-state index contributed by atoms with van der Waals surface area (Å²) in [5.74, 6) is -0.00216. The highest BCUT2D eigenvalue weighted by Crippen LogP contribution is 2.30. The van der Waals surface area contributed by atoms with Crippen molar-refractivity contribution < 1.29 is 18.3 Å². The average Bonchev–Trinajstić information content (AvgIpc) is 2.19. The Hall–Kier alpha value is -1.10. The Morgan fingerprint density at radius 1 is 1.50 bits per heavy atom. The molecular formula is C11H12F2O2S. The van der Waals surface area contributed by atoms with Crippen LogP contribution in [0, 0.1) is 0 Å². The molecule has 0 amide bonds. The van der Waals surface area contributed by atoms with Gasteiger partial charge in [-0.2, -0.15) is 8.78 Å². The first kappa shape index (κ1) is 13.0. The van der Waals surface area contributed by atoms with Crippen LogP contribution in [0.2, 0.25) is 0 Å². The minimum atomic E-state index is -2.87. The lowest BCUT2D eigenvalue weighted by Crippen LogP contribution is -2.07. The second-order valence-corrected chi connectivity index (χ2v) is 4.04. The van der Waals surface area contributed by atoms with Crippen LogP contribution in [0.15, 0.2) is 23.1 Å². The Balaban J connectivity index is 3.09. The van der Waals surface area contributed by atoms with Crippen molar-refractivity contribution in [3.8, 4) is 5.75 Å². The van der Waals surface area contributed by atoms with Gasteiger partial charge in [0, 0.05) is 16.9 Å². The number of rotatable bonds is 5. The Labute approximate surface area is 97.0 Å². The number of hydrogen-bond acceptors (Lipinski definition) is 3. The number of hydrogen-bond donors (Lipinski definition) is 0. The lowest BCUT2D eigenvalue weighted by molar-refractivity contribution is -0.116. The molecule has 0 radical (unpaired) electrons. The van der Waals surface area contributed by atoms with E-state index in [0.717, 1.165) is 4.90 Å². The summed E-state index contributed by atoms with van der Waals surface area (Å²) in [5, 5.41) is 0. The molecule has 0 atom stereocenters. The van der Waals surface area contributed by atoms with Crippen LogP contribution in [0.5, 0.6) is 5.75 Å². The Morgan fingerprint density at radius 2 is 2.19 bits per heavy atom. The first-order valence-corrected chi connectivity index (χ1v) is 5.87. The smallest absolute Gasteiger partial charge is 0.387 e. The molecule has 0 aliphatic heterocycles. The molecule has 0 bridgehead atoms. The van der Waals surface area contributed by atoms with E-state index in [2.05, 4.69) is 4.74 Å². The van der Waals surface area contributed by atoms with Gasteiger partial charge in [-0.05, 0) is 25.3 Å². The number of carbonyl (C=O) groups is 1. The Bertz CT molecular complexity index is 380. The number of Topliss-reactive ketones (excluding diaryl/α,β-unsaturated/α-hetero) is 1. The summed E-state index contributed by atoms with van der Waals surface area (Å²) >= 11 is 1.40. The van der Waals surface area contributed by atoms with E-state index in [1.807, 2.05) is 6.26 Å². The molecule has 0 saturated heterocycles. The molecule has 0 aliphatic rings. The van der Waals surface area contributed by atoms with Gasteiger partial charge in [-0.3, -0.25) is 4.79 Å². The first-order valence-electron chi connectivity index (χ1n) is 4.64. The zero-order chi connectivity index (χ0) is 12.1. The van der Waals surface area contributed by atoms with Gasteiger partial charge in [0.1, 0.15) is 11.5 Å². The van der Waals surface area contributed by atoms with Crippen LogP contribution in [0.3, 0.4) is 0 Å². The normalized spacial score (nSPS) is 10.6. The zero-order valence-electron chi connectivity index (χ0n) is 9.00. The fourth-order valence-corrected chi connectivity index (χ4v) is 2.00. The molecule has 0 unspecified atom stereocenters. The van der Waals surface area contributed by atoms with Crippen LogP contribution in [0.1, 0.15) is 12.5 Å². The molecule has 1 aromatic carbocycles. The molecule has 0 aliphatic carbocycles. The standard InChI is InChI=1S/C11H12F2O2S/c1-7(14)6-8-9(15-11(12)13)4-3-5-10(8)16-2/h3-5,11H,6H2,1-2H3. The highest BCUT2D eigenvalue weighted by atomic mass is 32.2. The van der Waals surface area contributed by atoms with Crippen molar-refractivity contribution in [1.29, 1.82) is 0 Å². The summed E-state index contributed by atoms with van der Waals surface area (Å²) in [4.78, 5) is 11.9. The number of ether oxygens (including phenoxy) is 1. The van der Waals surface area contributed by atoms with E-state index in [0.29, 0.717) is 5.56 Å². The van der Waals surface area contributed by atoms with Crippen LogP contribution in [0.4, 0.5) is 8.78 Å². The van der Waals surface area contributed by atoms with Crippen molar-refractivity contribution in [2.45, 2.75) is 24.9 Å². The van der Waals surface area contributed by atoms with Crippen molar-refractivity contribution in [3.63, 3.8) is 0 Å². The van der Waals surface area contributed by atoms with E-state index in [1.165, 1.54) is 24.8 Å². The molecule has 16 heavy (non-hydrogen) atoms. The summed E-state index contributed by atoms with van der Waals surface area (Å²) in [7, 11) is 0. The van der Waals surface area contributed by atoms with Crippen molar-refractivity contribution in [2.24, 2.45) is 0 Å². The van der Waals surface area contributed by atoms with Crippen LogP contribution in [-0.2, 0) is 11.2 Å². The van der Waals surface area contributed by atoms with Gasteiger partial charge in [-0.25, -0.2) is 0 Å². The average molecular weight is 246 g/mol. The van der Waals surface area contributed by atoms with Gasteiger partial charge in [0.15, 0.2) is 0 Å². The number of alkyl halides is 2. The molecule has 1 rings (SSSR count). The molecule has 0 aromatic heterocycles. The molecule has 2 nitrogen and oxygen atoms in total. The maximum atomic E-state index is 12.2. The molecular weight excluding hydrogens is 234 g/mol. The molecule has 5 heteroatoms. The second kappa shape index (κ2) is 5.84. The SMILES string of the molecule is CSc1cccc(OC(F)F)c1CC(C)=O. The van der Waals surface area contributed by atoms with Gasteiger partial charge in [-0.1, -0.05) is 6.07 Å². The molecule has 0 fully saturated rings. The number of ketones is 1. The van der Waals surface area contributed by atoms with Gasteiger partial charge in [0.05, 0.1) is 0 Å². The monoisotopic (exact) mass is 246 g/mol. The third kappa shape index (κ3) is 3.48. The highest BCUT2D eigenvalue weighted by molar-refractivity contribution is 7.98. The predicted molar refractivity (Wildman–Crippen MR) is 59.2 cm³/mol. The lowest BCUT2D eigenvalue weighted by atomic mass is 10.1. The van der Waals surface area contributed by atoms with E-state index in [9.17, 15) is 13.6 Å². The van der Waals surface area contributed by atoms with Gasteiger partial charge in [-0.15, -0.1) is 11.8 Å². The van der Waals surface area contributed by atoms with E-state index < -0.39 is 6.61 Å². The van der Waals surface area contributed by atoms with E-state index >= 15 is 0 Å². The third-order valence-electron chi connectivity index (χ3n) is 1.95. The fraction of sp³-hybridized carbons (Fsp3) is 0.364. The van der Waals surface area contributed by atoms with Crippen LogP contribution < -0.4 is 4.74 Å². The number of halogens is 2. The van der Waals surface area contributed by atoms with Gasteiger partial charge < -0.3 is 4.74 Å². The quantitative estimate of drug-likeness (QED) is 0.746. The summed E-state index contributed by atoms with van der Waals surface area (Å²) < 4.78 is 28.7. The predicted octanol–water partition coefficient (Wildman–Crippen LogP) is 3.14. The van der Waals surface area contributed by atoms with Gasteiger partial charge in [0.25, 0.3) is 0 Å². The van der Waals surface area contributed by atoms with E-state index in [1.54, 1.807) is 12.1 Å². The largest absolute Gasteiger partial charge is 0.434 e. The maximum Gasteiger partial charge on any atom is 0.387 e. The van der Waals surface area contributed by atoms with Crippen LogP contribution in [-0.4, -0.2) is 18.7 Å². The van der Waals surface area contributed by atoms with Crippen LogP contribution in [0.25, 0.3) is 0 Å². The highest BCUT2D eigenvalue weighted by Gasteiger charge is 2.14. The Kier molecular flexibility index (Phi) is 4.73. The van der Waals surface area contributed by atoms with Crippen molar-refractivity contribution in [1.82, 2.24) is 0 Å². The zero-order valence-corrected chi connectivity index (χ0v) is 9.81.